The summed E-state index contributed by atoms with van der Waals surface area (Å²) in [6, 6.07) is -1.03. The van der Waals surface area contributed by atoms with Gasteiger partial charge in [-0.25, -0.2) is 0 Å². The van der Waals surface area contributed by atoms with Crippen LogP contribution in [-0.4, -0.2) is 36.3 Å². The first-order chi connectivity index (χ1) is 7.15. The van der Waals surface area contributed by atoms with Crippen molar-refractivity contribution >= 4 is 24.0 Å². The first-order valence-corrected chi connectivity index (χ1v) is 6.47. The second-order valence-corrected chi connectivity index (χ2v) is 4.34. The first-order valence-electron chi connectivity index (χ1n) is 5.08. The molecule has 5 heteroatoms. The van der Waals surface area contributed by atoms with Gasteiger partial charge in [-0.3, -0.25) is 9.59 Å². The Morgan fingerprint density at radius 3 is 2.67 bits per heavy atom. The molecule has 1 amide bonds. The summed E-state index contributed by atoms with van der Waals surface area (Å²) in [7, 11) is 0. The summed E-state index contributed by atoms with van der Waals surface area (Å²) in [5.74, 6) is 0.587. The Morgan fingerprint density at radius 2 is 2.20 bits per heavy atom. The minimum absolute atomic E-state index is 0.258. The number of hydrogen-bond acceptors (Lipinski definition) is 4. The lowest BCUT2D eigenvalue weighted by molar-refractivity contribution is -0.122. The lowest BCUT2D eigenvalue weighted by Gasteiger charge is -2.15. The Balaban J connectivity index is 3.92. The molecule has 0 spiro atoms. The van der Waals surface area contributed by atoms with Crippen LogP contribution in [0.15, 0.2) is 0 Å². The monoisotopic (exact) mass is 231 g/mol. The third kappa shape index (κ3) is 6.52. The highest BCUT2D eigenvalue weighted by atomic mass is 32.2. The highest BCUT2D eigenvalue weighted by Crippen LogP contribution is 2.00. The van der Waals surface area contributed by atoms with Crippen molar-refractivity contribution in [3.8, 4) is 0 Å². The maximum absolute atomic E-state index is 11.5. The Morgan fingerprint density at radius 1 is 1.53 bits per heavy atom. The highest BCUT2D eigenvalue weighted by Gasteiger charge is 2.17. The molecule has 0 bridgehead atoms. The maximum Gasteiger partial charge on any atom is 0.237 e. The molecule has 1 radical (unpaired) electrons. The van der Waals surface area contributed by atoms with Crippen molar-refractivity contribution in [1.82, 2.24) is 5.32 Å². The molecule has 0 saturated heterocycles. The molecule has 0 aromatic carbocycles. The van der Waals surface area contributed by atoms with E-state index in [4.69, 9.17) is 5.73 Å². The van der Waals surface area contributed by atoms with Crippen molar-refractivity contribution in [2.75, 3.05) is 12.0 Å². The summed E-state index contributed by atoms with van der Waals surface area (Å²) in [5, 5.41) is 2.58. The number of rotatable bonds is 8. The van der Waals surface area contributed by atoms with Gasteiger partial charge in [0.05, 0.1) is 12.1 Å². The van der Waals surface area contributed by atoms with Gasteiger partial charge in [-0.15, -0.1) is 0 Å². The third-order valence-corrected chi connectivity index (χ3v) is 2.65. The molecule has 0 saturated carbocycles. The van der Waals surface area contributed by atoms with Crippen LogP contribution in [0.5, 0.6) is 0 Å². The van der Waals surface area contributed by atoms with Gasteiger partial charge in [-0.1, -0.05) is 13.3 Å². The number of nitrogens with two attached hydrogens (primary N) is 1. The molecule has 3 N–H and O–H groups in total. The van der Waals surface area contributed by atoms with Gasteiger partial charge in [-0.2, -0.15) is 11.8 Å². The third-order valence-electron chi connectivity index (χ3n) is 2.01. The van der Waals surface area contributed by atoms with Crippen molar-refractivity contribution in [1.29, 1.82) is 0 Å². The summed E-state index contributed by atoms with van der Waals surface area (Å²) >= 11 is 1.64. The fourth-order valence-electron chi connectivity index (χ4n) is 1.10. The Labute approximate surface area is 95.4 Å². The van der Waals surface area contributed by atoms with Crippen LogP contribution in [0.4, 0.5) is 0 Å². The molecule has 0 aliphatic heterocycles. The summed E-state index contributed by atoms with van der Waals surface area (Å²) < 4.78 is 0. The highest BCUT2D eigenvalue weighted by molar-refractivity contribution is 7.98. The van der Waals surface area contributed by atoms with Crippen molar-refractivity contribution < 1.29 is 9.59 Å². The fraction of sp³-hybridized carbons (Fsp3) is 0.800. The molecule has 0 aliphatic carbocycles. The van der Waals surface area contributed by atoms with Crippen LogP contribution < -0.4 is 11.1 Å². The average molecular weight is 231 g/mol. The maximum atomic E-state index is 11.5. The largest absolute Gasteiger partial charge is 0.344 e. The summed E-state index contributed by atoms with van der Waals surface area (Å²) in [6.45, 7) is 1.95. The summed E-state index contributed by atoms with van der Waals surface area (Å²) in [6.07, 6.45) is 5.84. The molecule has 0 fully saturated rings. The molecular weight excluding hydrogens is 212 g/mol. The van der Waals surface area contributed by atoms with E-state index in [0.29, 0.717) is 12.8 Å². The Hall–Kier alpha value is -0.550. The molecule has 87 valence electrons. The van der Waals surface area contributed by atoms with E-state index in [0.717, 1.165) is 12.2 Å². The van der Waals surface area contributed by atoms with E-state index in [-0.39, 0.29) is 5.91 Å². The number of amides is 1. The predicted octanol–water partition coefficient (Wildman–Crippen LogP) is 0.461. The molecule has 4 nitrogen and oxygen atoms in total. The van der Waals surface area contributed by atoms with Gasteiger partial charge in [0.15, 0.2) is 0 Å². The molecule has 1 unspecified atom stereocenters. The molecule has 0 heterocycles. The van der Waals surface area contributed by atoms with Gasteiger partial charge in [-0.05, 0) is 24.9 Å². The second-order valence-electron chi connectivity index (χ2n) is 3.36. The predicted molar refractivity (Wildman–Crippen MR) is 63.5 cm³/mol. The van der Waals surface area contributed by atoms with E-state index in [9.17, 15) is 9.59 Å². The summed E-state index contributed by atoms with van der Waals surface area (Å²) in [5.41, 5.74) is 5.65. The Bertz CT molecular complexity index is 200. The van der Waals surface area contributed by atoms with Crippen molar-refractivity contribution in [2.24, 2.45) is 5.73 Å². The number of carbonyl (C=O) groups excluding carboxylic acids is 2. The first kappa shape index (κ1) is 14.5. The number of carbonyl (C=O) groups is 1. The second kappa shape index (κ2) is 8.73. The Kier molecular flexibility index (Phi) is 8.41. The van der Waals surface area contributed by atoms with Gasteiger partial charge in [0.25, 0.3) is 0 Å². The quantitative estimate of drug-likeness (QED) is 0.636. The topological polar surface area (TPSA) is 72.2 Å². The van der Waals surface area contributed by atoms with Gasteiger partial charge in [0.1, 0.15) is 0 Å². The van der Waals surface area contributed by atoms with Gasteiger partial charge < -0.3 is 11.1 Å². The molecule has 15 heavy (non-hydrogen) atoms. The normalized spacial score (nSPS) is 14.3. The van der Waals surface area contributed by atoms with Crippen LogP contribution >= 0.6 is 11.8 Å². The standard InChI is InChI=1S/C10H19N2O2S/c1-3-4-8(7-13)12-10(14)9(11)5-6-15-2/h8-9H,3-6,11H2,1-2H3,(H,12,14)/t8-,9?/m0/s1. The number of thioether (sulfide) groups is 1. The minimum Gasteiger partial charge on any atom is -0.344 e. The summed E-state index contributed by atoms with van der Waals surface area (Å²) in [4.78, 5) is 22.0. The fourth-order valence-corrected chi connectivity index (χ4v) is 1.59. The number of hydrogen-bond donors (Lipinski definition) is 2. The number of nitrogens with one attached hydrogen (secondary N) is 1. The van der Waals surface area contributed by atoms with Gasteiger partial charge in [0, 0.05) is 0 Å². The van der Waals surface area contributed by atoms with Crippen molar-refractivity contribution in [3.63, 3.8) is 0 Å². The van der Waals surface area contributed by atoms with Gasteiger partial charge >= 0.3 is 0 Å². The zero-order chi connectivity index (χ0) is 11.7. The van der Waals surface area contributed by atoms with E-state index in [1.807, 2.05) is 13.2 Å². The molecule has 0 rings (SSSR count). The van der Waals surface area contributed by atoms with Crippen LogP contribution in [-0.2, 0) is 9.59 Å². The minimum atomic E-state index is -0.523. The van der Waals surface area contributed by atoms with Crippen molar-refractivity contribution in [2.45, 2.75) is 38.3 Å². The van der Waals surface area contributed by atoms with Crippen LogP contribution in [0.3, 0.4) is 0 Å². The molecule has 0 aromatic rings. The molecule has 0 aliphatic rings. The van der Waals surface area contributed by atoms with Crippen LogP contribution in [0.2, 0.25) is 0 Å². The lowest BCUT2D eigenvalue weighted by atomic mass is 10.1. The zero-order valence-corrected chi connectivity index (χ0v) is 10.1. The smallest absolute Gasteiger partial charge is 0.237 e. The van der Waals surface area contributed by atoms with E-state index < -0.39 is 12.1 Å². The SMILES string of the molecule is CCC[C@@H]([C]=O)NC(=O)C(N)CCSC. The van der Waals surface area contributed by atoms with E-state index in [1.165, 1.54) is 0 Å². The lowest BCUT2D eigenvalue weighted by Crippen LogP contribution is -2.46. The molecule has 0 aromatic heterocycles. The van der Waals surface area contributed by atoms with Crippen molar-refractivity contribution in [3.05, 3.63) is 0 Å². The van der Waals surface area contributed by atoms with E-state index in [1.54, 1.807) is 18.0 Å². The van der Waals surface area contributed by atoms with E-state index >= 15 is 0 Å². The van der Waals surface area contributed by atoms with Crippen LogP contribution in [0.25, 0.3) is 0 Å². The van der Waals surface area contributed by atoms with Crippen LogP contribution in [0, 0.1) is 0 Å². The molecular formula is C10H19N2O2S. The van der Waals surface area contributed by atoms with Gasteiger partial charge in [0.2, 0.25) is 12.2 Å². The van der Waals surface area contributed by atoms with E-state index in [2.05, 4.69) is 5.32 Å². The van der Waals surface area contributed by atoms with Crippen LogP contribution in [0.1, 0.15) is 26.2 Å². The molecule has 2 atom stereocenters. The average Bonchev–Trinajstić information content (AvgIpc) is 2.24. The zero-order valence-electron chi connectivity index (χ0n) is 9.29.